The Balaban J connectivity index is 2.01. The number of esters is 1. The molecular formula is C14H21N3O3S. The highest BCUT2D eigenvalue weighted by Gasteiger charge is 2.31. The monoisotopic (exact) mass is 311 g/mol. The number of aromatic nitrogens is 1. The Morgan fingerprint density at radius 3 is 3.00 bits per heavy atom. The topological polar surface area (TPSA) is 80.3 Å². The molecule has 1 atom stereocenters. The SMILES string of the molecule is CCOC(=O)C1CCCc2sc(NCCC(=O)NC)nc21. The third-order valence-electron chi connectivity index (χ3n) is 3.43. The van der Waals surface area contributed by atoms with Crippen molar-refractivity contribution < 1.29 is 14.3 Å². The van der Waals surface area contributed by atoms with Crippen LogP contribution in [-0.4, -0.2) is 37.1 Å². The van der Waals surface area contributed by atoms with Gasteiger partial charge in [0.25, 0.3) is 0 Å². The van der Waals surface area contributed by atoms with Gasteiger partial charge >= 0.3 is 5.97 Å². The third kappa shape index (κ3) is 3.93. The van der Waals surface area contributed by atoms with Crippen LogP contribution in [0.25, 0.3) is 0 Å². The Bertz CT molecular complexity index is 516. The molecule has 0 aliphatic heterocycles. The van der Waals surface area contributed by atoms with Crippen molar-refractivity contribution in [3.05, 3.63) is 10.6 Å². The third-order valence-corrected chi connectivity index (χ3v) is 4.52. The highest BCUT2D eigenvalue weighted by molar-refractivity contribution is 7.15. The standard InChI is InChI=1S/C14H21N3O3S/c1-3-20-13(19)9-5-4-6-10-12(9)17-14(21-10)16-8-7-11(18)15-2/h9H,3-8H2,1-2H3,(H,15,18)(H,16,17). The maximum Gasteiger partial charge on any atom is 0.315 e. The number of carbonyl (C=O) groups excluding carboxylic acids is 2. The van der Waals surface area contributed by atoms with Crippen molar-refractivity contribution in [1.29, 1.82) is 0 Å². The summed E-state index contributed by atoms with van der Waals surface area (Å²) in [6.07, 6.45) is 3.14. The molecule has 2 N–H and O–H groups in total. The molecule has 0 saturated heterocycles. The second-order valence-corrected chi connectivity index (χ2v) is 5.96. The predicted molar refractivity (Wildman–Crippen MR) is 81.6 cm³/mol. The molecule has 1 aliphatic carbocycles. The van der Waals surface area contributed by atoms with E-state index in [1.807, 2.05) is 6.92 Å². The van der Waals surface area contributed by atoms with E-state index in [1.54, 1.807) is 18.4 Å². The minimum Gasteiger partial charge on any atom is -0.465 e. The number of anilines is 1. The van der Waals surface area contributed by atoms with Gasteiger partial charge in [-0.25, -0.2) is 4.98 Å². The molecule has 7 heteroatoms. The number of nitrogens with zero attached hydrogens (tertiary/aromatic N) is 1. The highest BCUT2D eigenvalue weighted by Crippen LogP contribution is 2.37. The first-order valence-electron chi connectivity index (χ1n) is 7.26. The molecule has 1 amide bonds. The summed E-state index contributed by atoms with van der Waals surface area (Å²) in [6, 6.07) is 0. The van der Waals surface area contributed by atoms with E-state index in [0.717, 1.165) is 35.0 Å². The number of thiazole rings is 1. The molecule has 6 nitrogen and oxygen atoms in total. The largest absolute Gasteiger partial charge is 0.465 e. The molecule has 116 valence electrons. The van der Waals surface area contributed by atoms with Gasteiger partial charge in [0, 0.05) is 24.9 Å². The minimum absolute atomic E-state index is 0.00628. The van der Waals surface area contributed by atoms with Gasteiger partial charge in [0.05, 0.1) is 12.3 Å². The van der Waals surface area contributed by atoms with Crippen LogP contribution < -0.4 is 10.6 Å². The molecule has 1 heterocycles. The highest BCUT2D eigenvalue weighted by atomic mass is 32.1. The maximum atomic E-state index is 12.0. The Morgan fingerprint density at radius 1 is 1.48 bits per heavy atom. The molecule has 0 saturated carbocycles. The number of amides is 1. The summed E-state index contributed by atoms with van der Waals surface area (Å²) in [5.41, 5.74) is 0.854. The van der Waals surface area contributed by atoms with E-state index in [4.69, 9.17) is 4.74 Å². The van der Waals surface area contributed by atoms with Crippen LogP contribution in [0.4, 0.5) is 5.13 Å². The lowest BCUT2D eigenvalue weighted by Gasteiger charge is -2.19. The van der Waals surface area contributed by atoms with Gasteiger partial charge in [0.2, 0.25) is 5.91 Å². The molecule has 0 bridgehead atoms. The number of ether oxygens (including phenoxy) is 1. The predicted octanol–water partition coefficient (Wildman–Crippen LogP) is 1.67. The van der Waals surface area contributed by atoms with Crippen molar-refractivity contribution in [2.24, 2.45) is 0 Å². The van der Waals surface area contributed by atoms with Gasteiger partial charge in [-0.1, -0.05) is 0 Å². The molecule has 0 radical (unpaired) electrons. The summed E-state index contributed by atoms with van der Waals surface area (Å²) in [6.45, 7) is 2.75. The van der Waals surface area contributed by atoms with Crippen LogP contribution in [0, 0.1) is 0 Å². The summed E-state index contributed by atoms with van der Waals surface area (Å²) >= 11 is 1.57. The van der Waals surface area contributed by atoms with Crippen LogP contribution in [-0.2, 0) is 20.7 Å². The molecular weight excluding hydrogens is 290 g/mol. The maximum absolute atomic E-state index is 12.0. The zero-order valence-electron chi connectivity index (χ0n) is 12.4. The fourth-order valence-corrected chi connectivity index (χ4v) is 3.46. The average molecular weight is 311 g/mol. The van der Waals surface area contributed by atoms with E-state index in [0.29, 0.717) is 19.6 Å². The molecule has 0 aromatic carbocycles. The Kier molecular flexibility index (Phi) is 5.55. The molecule has 1 aromatic rings. The van der Waals surface area contributed by atoms with E-state index in [2.05, 4.69) is 15.6 Å². The number of rotatable bonds is 6. The molecule has 21 heavy (non-hydrogen) atoms. The number of nitrogens with one attached hydrogen (secondary N) is 2. The van der Waals surface area contributed by atoms with E-state index >= 15 is 0 Å². The fourth-order valence-electron chi connectivity index (χ4n) is 2.37. The summed E-state index contributed by atoms with van der Waals surface area (Å²) < 4.78 is 5.13. The Hall–Kier alpha value is -1.63. The summed E-state index contributed by atoms with van der Waals surface area (Å²) in [7, 11) is 1.62. The van der Waals surface area contributed by atoms with Crippen LogP contribution in [0.5, 0.6) is 0 Å². The lowest BCUT2D eigenvalue weighted by atomic mass is 9.91. The van der Waals surface area contributed by atoms with Crippen LogP contribution in [0.1, 0.15) is 42.7 Å². The van der Waals surface area contributed by atoms with Gasteiger partial charge < -0.3 is 15.4 Å². The van der Waals surface area contributed by atoms with Crippen molar-refractivity contribution in [1.82, 2.24) is 10.3 Å². The summed E-state index contributed by atoms with van der Waals surface area (Å²) in [4.78, 5) is 28.8. The quantitative estimate of drug-likeness (QED) is 0.781. The lowest BCUT2D eigenvalue weighted by Crippen LogP contribution is -2.21. The Labute approximate surface area is 128 Å². The first-order valence-corrected chi connectivity index (χ1v) is 8.08. The molecule has 1 aromatic heterocycles. The number of hydrogen-bond donors (Lipinski definition) is 2. The summed E-state index contributed by atoms with van der Waals surface area (Å²) in [5, 5.41) is 6.51. The smallest absolute Gasteiger partial charge is 0.315 e. The lowest BCUT2D eigenvalue weighted by molar-refractivity contribution is -0.145. The van der Waals surface area contributed by atoms with Gasteiger partial charge in [-0.15, -0.1) is 11.3 Å². The van der Waals surface area contributed by atoms with Crippen LogP contribution >= 0.6 is 11.3 Å². The number of carbonyl (C=O) groups is 2. The zero-order valence-corrected chi connectivity index (χ0v) is 13.2. The van der Waals surface area contributed by atoms with E-state index < -0.39 is 0 Å². The molecule has 0 spiro atoms. The van der Waals surface area contributed by atoms with E-state index in [9.17, 15) is 9.59 Å². The fraction of sp³-hybridized carbons (Fsp3) is 0.643. The van der Waals surface area contributed by atoms with Crippen molar-refractivity contribution in [2.75, 3.05) is 25.5 Å². The minimum atomic E-state index is -0.237. The van der Waals surface area contributed by atoms with Crippen molar-refractivity contribution in [2.45, 2.75) is 38.5 Å². The molecule has 1 unspecified atom stereocenters. The molecule has 1 aliphatic rings. The van der Waals surface area contributed by atoms with Crippen LogP contribution in [0.3, 0.4) is 0 Å². The first-order chi connectivity index (χ1) is 10.2. The van der Waals surface area contributed by atoms with Crippen LogP contribution in [0.2, 0.25) is 0 Å². The number of hydrogen-bond acceptors (Lipinski definition) is 6. The zero-order chi connectivity index (χ0) is 15.2. The average Bonchev–Trinajstić information content (AvgIpc) is 2.89. The molecule has 0 fully saturated rings. The van der Waals surface area contributed by atoms with Gasteiger partial charge in [-0.05, 0) is 26.2 Å². The van der Waals surface area contributed by atoms with E-state index in [1.165, 1.54) is 0 Å². The second kappa shape index (κ2) is 7.40. The second-order valence-electron chi connectivity index (χ2n) is 4.87. The van der Waals surface area contributed by atoms with Gasteiger partial charge in [-0.2, -0.15) is 0 Å². The van der Waals surface area contributed by atoms with E-state index in [-0.39, 0.29) is 17.8 Å². The van der Waals surface area contributed by atoms with Gasteiger partial charge in [0.1, 0.15) is 5.92 Å². The van der Waals surface area contributed by atoms with Gasteiger partial charge in [-0.3, -0.25) is 9.59 Å². The number of aryl methyl sites for hydroxylation is 1. The normalized spacial score (nSPS) is 17.0. The molecule has 2 rings (SSSR count). The van der Waals surface area contributed by atoms with Crippen molar-refractivity contribution >= 4 is 28.3 Å². The van der Waals surface area contributed by atoms with Crippen molar-refractivity contribution in [3.63, 3.8) is 0 Å². The number of fused-ring (bicyclic) bond motifs is 1. The van der Waals surface area contributed by atoms with Gasteiger partial charge in [0.15, 0.2) is 5.13 Å². The summed E-state index contributed by atoms with van der Waals surface area (Å²) in [5.74, 6) is -0.423. The Morgan fingerprint density at radius 2 is 2.29 bits per heavy atom. The van der Waals surface area contributed by atoms with Crippen molar-refractivity contribution in [3.8, 4) is 0 Å². The first kappa shape index (κ1) is 15.8. The van der Waals surface area contributed by atoms with Crippen LogP contribution in [0.15, 0.2) is 0 Å².